The fourth-order valence-corrected chi connectivity index (χ4v) is 1.09. The van der Waals surface area contributed by atoms with Crippen LogP contribution in [-0.4, -0.2) is 12.6 Å². The van der Waals surface area contributed by atoms with Crippen LogP contribution >= 0.6 is 0 Å². The lowest BCUT2D eigenvalue weighted by molar-refractivity contribution is -0.151. The number of rotatable bonds is 3. The van der Waals surface area contributed by atoms with Crippen LogP contribution in [0.5, 0.6) is 0 Å². The highest BCUT2D eigenvalue weighted by Gasteiger charge is 2.22. The fraction of sp³-hybridized carbons (Fsp3) is 0.357. The van der Waals surface area contributed by atoms with Gasteiger partial charge in [-0.25, -0.2) is 0 Å². The van der Waals surface area contributed by atoms with Crippen molar-refractivity contribution in [3.05, 3.63) is 42.0 Å². The van der Waals surface area contributed by atoms with Crippen LogP contribution in [0.25, 0.3) is 6.08 Å². The fourth-order valence-electron chi connectivity index (χ4n) is 1.09. The molecule has 16 heavy (non-hydrogen) atoms. The molecule has 86 valence electrons. The zero-order valence-corrected chi connectivity index (χ0v) is 10.1. The minimum Gasteiger partial charge on any atom is -0.461 e. The third kappa shape index (κ3) is 4.30. The van der Waals surface area contributed by atoms with Gasteiger partial charge < -0.3 is 4.74 Å². The summed E-state index contributed by atoms with van der Waals surface area (Å²) in [5, 5.41) is 0. The summed E-state index contributed by atoms with van der Waals surface area (Å²) in [5.74, 6) is -0.176. The lowest BCUT2D eigenvalue weighted by Crippen LogP contribution is -2.22. The summed E-state index contributed by atoms with van der Waals surface area (Å²) < 4.78 is 5.10. The monoisotopic (exact) mass is 218 g/mol. The van der Waals surface area contributed by atoms with Gasteiger partial charge in [-0.05, 0) is 32.4 Å². The zero-order chi connectivity index (χ0) is 12.0. The molecule has 1 aromatic carbocycles. The maximum absolute atomic E-state index is 11.4. The second-order valence-electron chi connectivity index (χ2n) is 4.66. The summed E-state index contributed by atoms with van der Waals surface area (Å²) in [4.78, 5) is 11.4. The number of hydrogen-bond donors (Lipinski definition) is 0. The number of esters is 1. The van der Waals surface area contributed by atoms with Gasteiger partial charge in [-0.2, -0.15) is 0 Å². The summed E-state index contributed by atoms with van der Waals surface area (Å²) >= 11 is 0. The lowest BCUT2D eigenvalue weighted by Gasteiger charge is -2.15. The zero-order valence-electron chi connectivity index (χ0n) is 10.1. The lowest BCUT2D eigenvalue weighted by atomic mass is 9.97. The van der Waals surface area contributed by atoms with Gasteiger partial charge in [-0.1, -0.05) is 36.4 Å². The van der Waals surface area contributed by atoms with Gasteiger partial charge in [0.05, 0.1) is 5.41 Å². The highest BCUT2D eigenvalue weighted by molar-refractivity contribution is 5.75. The first-order valence-corrected chi connectivity index (χ1v) is 5.39. The van der Waals surface area contributed by atoms with Crippen molar-refractivity contribution >= 4 is 12.0 Å². The van der Waals surface area contributed by atoms with E-state index in [9.17, 15) is 4.79 Å². The number of carbonyl (C=O) groups is 1. The standard InChI is InChI=1S/C14H18O2/c1-14(2,3)13(15)16-11-7-10-12-8-5-4-6-9-12/h4-10H,11H2,1-3H3/b10-7-. The number of ether oxygens (including phenoxy) is 1. The van der Waals surface area contributed by atoms with Crippen LogP contribution in [0.1, 0.15) is 26.3 Å². The average Bonchev–Trinajstić information content (AvgIpc) is 2.24. The molecule has 0 aromatic heterocycles. The van der Waals surface area contributed by atoms with E-state index < -0.39 is 5.41 Å². The Morgan fingerprint density at radius 1 is 1.25 bits per heavy atom. The first-order valence-electron chi connectivity index (χ1n) is 5.39. The molecule has 0 unspecified atom stereocenters. The Bertz CT molecular complexity index is 358. The van der Waals surface area contributed by atoms with E-state index in [1.807, 2.05) is 63.3 Å². The minimum absolute atomic E-state index is 0.176. The molecule has 2 nitrogen and oxygen atoms in total. The summed E-state index contributed by atoms with van der Waals surface area (Å²) in [6.45, 7) is 5.85. The normalized spacial score (nSPS) is 11.7. The SMILES string of the molecule is CC(C)(C)C(=O)OC/C=C\c1ccccc1. The summed E-state index contributed by atoms with van der Waals surface area (Å²) in [7, 11) is 0. The van der Waals surface area contributed by atoms with Crippen molar-refractivity contribution in [3.8, 4) is 0 Å². The average molecular weight is 218 g/mol. The van der Waals surface area contributed by atoms with Crippen LogP contribution in [0.4, 0.5) is 0 Å². The minimum atomic E-state index is -0.430. The molecule has 0 aliphatic carbocycles. The maximum atomic E-state index is 11.4. The van der Waals surface area contributed by atoms with Crippen molar-refractivity contribution in [2.75, 3.05) is 6.61 Å². The van der Waals surface area contributed by atoms with Crippen molar-refractivity contribution in [1.82, 2.24) is 0 Å². The molecular weight excluding hydrogens is 200 g/mol. The van der Waals surface area contributed by atoms with Gasteiger partial charge in [0.15, 0.2) is 0 Å². The largest absolute Gasteiger partial charge is 0.461 e. The molecule has 0 bridgehead atoms. The molecule has 0 saturated heterocycles. The van der Waals surface area contributed by atoms with Gasteiger partial charge in [-0.3, -0.25) is 4.79 Å². The molecule has 1 rings (SSSR count). The van der Waals surface area contributed by atoms with E-state index in [2.05, 4.69) is 0 Å². The first kappa shape index (κ1) is 12.5. The molecule has 0 fully saturated rings. The smallest absolute Gasteiger partial charge is 0.311 e. The molecule has 0 radical (unpaired) electrons. The van der Waals surface area contributed by atoms with Gasteiger partial charge in [0, 0.05) is 0 Å². The molecule has 0 N–H and O–H groups in total. The van der Waals surface area contributed by atoms with Crippen molar-refractivity contribution in [1.29, 1.82) is 0 Å². The van der Waals surface area contributed by atoms with Gasteiger partial charge >= 0.3 is 5.97 Å². The molecule has 2 heteroatoms. The van der Waals surface area contributed by atoms with E-state index in [0.29, 0.717) is 6.61 Å². The molecular formula is C14H18O2. The molecule has 0 saturated carbocycles. The van der Waals surface area contributed by atoms with Crippen LogP contribution < -0.4 is 0 Å². The predicted octanol–water partition coefficient (Wildman–Crippen LogP) is 3.29. The molecule has 1 aromatic rings. The van der Waals surface area contributed by atoms with Crippen LogP contribution in [-0.2, 0) is 9.53 Å². The Morgan fingerprint density at radius 2 is 1.88 bits per heavy atom. The maximum Gasteiger partial charge on any atom is 0.311 e. The Balaban J connectivity index is 2.37. The van der Waals surface area contributed by atoms with Gasteiger partial charge in [-0.15, -0.1) is 0 Å². The Labute approximate surface area is 96.9 Å². The van der Waals surface area contributed by atoms with Crippen molar-refractivity contribution in [2.24, 2.45) is 5.41 Å². The van der Waals surface area contributed by atoms with Crippen molar-refractivity contribution < 1.29 is 9.53 Å². The molecule has 0 atom stereocenters. The first-order chi connectivity index (χ1) is 7.50. The van der Waals surface area contributed by atoms with Crippen molar-refractivity contribution in [2.45, 2.75) is 20.8 Å². The Hall–Kier alpha value is -1.57. The molecule has 0 aliphatic heterocycles. The van der Waals surface area contributed by atoms with Crippen molar-refractivity contribution in [3.63, 3.8) is 0 Å². The molecule has 0 spiro atoms. The van der Waals surface area contributed by atoms with Gasteiger partial charge in [0.1, 0.15) is 6.61 Å². The molecule has 0 amide bonds. The van der Waals surface area contributed by atoms with Crippen LogP contribution in [0.2, 0.25) is 0 Å². The second-order valence-corrected chi connectivity index (χ2v) is 4.66. The summed E-state index contributed by atoms with van der Waals surface area (Å²) in [6.07, 6.45) is 3.79. The molecule has 0 heterocycles. The predicted molar refractivity (Wildman–Crippen MR) is 65.9 cm³/mol. The van der Waals surface area contributed by atoms with E-state index in [4.69, 9.17) is 4.74 Å². The van der Waals surface area contributed by atoms with E-state index in [0.717, 1.165) is 5.56 Å². The van der Waals surface area contributed by atoms with Crippen LogP contribution in [0.15, 0.2) is 36.4 Å². The highest BCUT2D eigenvalue weighted by atomic mass is 16.5. The van der Waals surface area contributed by atoms with E-state index in [1.165, 1.54) is 0 Å². The molecule has 0 aliphatic rings. The number of carbonyl (C=O) groups excluding carboxylic acids is 1. The number of hydrogen-bond acceptors (Lipinski definition) is 2. The Morgan fingerprint density at radius 3 is 2.44 bits per heavy atom. The third-order valence-electron chi connectivity index (χ3n) is 2.03. The summed E-state index contributed by atoms with van der Waals surface area (Å²) in [5.41, 5.74) is 0.676. The van der Waals surface area contributed by atoms with Gasteiger partial charge in [0.25, 0.3) is 0 Å². The third-order valence-corrected chi connectivity index (χ3v) is 2.03. The van der Waals surface area contributed by atoms with E-state index in [1.54, 1.807) is 0 Å². The van der Waals surface area contributed by atoms with Crippen LogP contribution in [0.3, 0.4) is 0 Å². The summed E-state index contributed by atoms with van der Waals surface area (Å²) in [6, 6.07) is 9.92. The Kier molecular flexibility index (Phi) is 4.29. The quantitative estimate of drug-likeness (QED) is 0.728. The topological polar surface area (TPSA) is 26.3 Å². The number of benzene rings is 1. The van der Waals surface area contributed by atoms with E-state index >= 15 is 0 Å². The van der Waals surface area contributed by atoms with E-state index in [-0.39, 0.29) is 5.97 Å². The highest BCUT2D eigenvalue weighted by Crippen LogP contribution is 2.14. The second kappa shape index (κ2) is 5.50. The van der Waals surface area contributed by atoms with Gasteiger partial charge in [0.2, 0.25) is 0 Å². The van der Waals surface area contributed by atoms with Crippen LogP contribution in [0, 0.1) is 5.41 Å².